The molecule has 1 aromatic heterocycles. The molecule has 1 fully saturated rings. The van der Waals surface area contributed by atoms with Gasteiger partial charge in [0.15, 0.2) is 0 Å². The summed E-state index contributed by atoms with van der Waals surface area (Å²) in [5.41, 5.74) is 1.92. The van der Waals surface area contributed by atoms with Crippen molar-refractivity contribution < 1.29 is 13.9 Å². The van der Waals surface area contributed by atoms with Crippen molar-refractivity contribution in [3.8, 4) is 0 Å². The van der Waals surface area contributed by atoms with Gasteiger partial charge >= 0.3 is 0 Å². The number of nitrogens with zero attached hydrogens (tertiary/aromatic N) is 3. The monoisotopic (exact) mass is 371 g/mol. The van der Waals surface area contributed by atoms with Crippen LogP contribution in [0.5, 0.6) is 0 Å². The van der Waals surface area contributed by atoms with Crippen LogP contribution < -0.4 is 0 Å². The van der Waals surface area contributed by atoms with Gasteiger partial charge in [0, 0.05) is 63.1 Å². The normalized spacial score (nSPS) is 20.9. The van der Waals surface area contributed by atoms with Crippen LogP contribution in [0.15, 0.2) is 42.6 Å². The van der Waals surface area contributed by atoms with Gasteiger partial charge in [0.25, 0.3) is 0 Å². The number of rotatable bonds is 4. The fourth-order valence-electron chi connectivity index (χ4n) is 4.07. The minimum Gasteiger partial charge on any atom is -0.378 e. The standard InChI is InChI=1S/C21H26FN3O2/c22-20-6-2-1-4-18(20)15-23-13-17(14-25-7-3-5-19(25)16-23)12-21(26)24-8-10-27-11-9-24/h1-7,17H,8-16H2. The van der Waals surface area contributed by atoms with Crippen molar-refractivity contribution in [2.75, 3.05) is 32.8 Å². The van der Waals surface area contributed by atoms with Crippen LogP contribution in [0, 0.1) is 11.7 Å². The lowest BCUT2D eigenvalue weighted by Crippen LogP contribution is -2.42. The predicted octanol–water partition coefficient (Wildman–Crippen LogP) is 2.51. The summed E-state index contributed by atoms with van der Waals surface area (Å²) < 4.78 is 21.7. The lowest BCUT2D eigenvalue weighted by molar-refractivity contribution is -0.136. The third-order valence-corrected chi connectivity index (χ3v) is 5.46. The summed E-state index contributed by atoms with van der Waals surface area (Å²) in [4.78, 5) is 16.9. The Morgan fingerprint density at radius 1 is 1.11 bits per heavy atom. The molecule has 3 heterocycles. The molecule has 2 aliphatic rings. The second-order valence-corrected chi connectivity index (χ2v) is 7.48. The quantitative estimate of drug-likeness (QED) is 0.829. The third kappa shape index (κ3) is 4.39. The van der Waals surface area contributed by atoms with Gasteiger partial charge in [0.2, 0.25) is 5.91 Å². The highest BCUT2D eigenvalue weighted by atomic mass is 19.1. The van der Waals surface area contributed by atoms with E-state index in [2.05, 4.69) is 21.7 Å². The van der Waals surface area contributed by atoms with Gasteiger partial charge in [0.05, 0.1) is 13.2 Å². The fourth-order valence-corrected chi connectivity index (χ4v) is 4.07. The first-order chi connectivity index (χ1) is 13.2. The number of hydrogen-bond acceptors (Lipinski definition) is 3. The van der Waals surface area contributed by atoms with Crippen LogP contribution >= 0.6 is 0 Å². The lowest BCUT2D eigenvalue weighted by atomic mass is 10.0. The molecular formula is C21H26FN3O2. The molecule has 0 aliphatic carbocycles. The molecule has 144 valence electrons. The van der Waals surface area contributed by atoms with Crippen molar-refractivity contribution >= 4 is 5.91 Å². The first-order valence-electron chi connectivity index (χ1n) is 9.64. The summed E-state index contributed by atoms with van der Waals surface area (Å²) in [6, 6.07) is 11.1. The molecule has 2 aliphatic heterocycles. The SMILES string of the molecule is O=C(CC1CN(Cc2ccccc2F)Cc2cccn2C1)N1CCOCC1. The highest BCUT2D eigenvalue weighted by Crippen LogP contribution is 2.22. The highest BCUT2D eigenvalue weighted by Gasteiger charge is 2.26. The average Bonchev–Trinajstić information content (AvgIpc) is 3.04. The van der Waals surface area contributed by atoms with E-state index in [0.29, 0.717) is 44.8 Å². The minimum atomic E-state index is -0.168. The third-order valence-electron chi connectivity index (χ3n) is 5.46. The maximum atomic E-state index is 14.1. The minimum absolute atomic E-state index is 0.168. The van der Waals surface area contributed by atoms with Gasteiger partial charge in [-0.15, -0.1) is 0 Å². The Balaban J connectivity index is 1.48. The van der Waals surface area contributed by atoms with Crippen LogP contribution in [0.25, 0.3) is 0 Å². The van der Waals surface area contributed by atoms with E-state index in [4.69, 9.17) is 4.74 Å². The fraction of sp³-hybridized carbons (Fsp3) is 0.476. The van der Waals surface area contributed by atoms with E-state index in [0.717, 1.165) is 19.6 Å². The van der Waals surface area contributed by atoms with Gasteiger partial charge in [-0.1, -0.05) is 18.2 Å². The van der Waals surface area contributed by atoms with Crippen molar-refractivity contribution in [2.24, 2.45) is 5.92 Å². The predicted molar refractivity (Wildman–Crippen MR) is 100 cm³/mol. The van der Waals surface area contributed by atoms with Crippen molar-refractivity contribution in [3.63, 3.8) is 0 Å². The Labute approximate surface area is 159 Å². The van der Waals surface area contributed by atoms with E-state index in [1.165, 1.54) is 11.8 Å². The van der Waals surface area contributed by atoms with Crippen molar-refractivity contribution in [1.29, 1.82) is 0 Å². The van der Waals surface area contributed by atoms with E-state index in [1.807, 2.05) is 23.1 Å². The maximum absolute atomic E-state index is 14.1. The highest BCUT2D eigenvalue weighted by molar-refractivity contribution is 5.76. The Hall–Kier alpha value is -2.18. The van der Waals surface area contributed by atoms with E-state index >= 15 is 0 Å². The number of morpholine rings is 1. The number of hydrogen-bond donors (Lipinski definition) is 0. The van der Waals surface area contributed by atoms with Gasteiger partial charge < -0.3 is 14.2 Å². The molecule has 2 aromatic rings. The van der Waals surface area contributed by atoms with Crippen LogP contribution in [0.2, 0.25) is 0 Å². The second kappa shape index (κ2) is 8.23. The molecule has 1 amide bonds. The molecule has 1 atom stereocenters. The molecule has 1 unspecified atom stereocenters. The molecule has 0 N–H and O–H groups in total. The number of amides is 1. The lowest BCUT2D eigenvalue weighted by Gasteiger charge is -2.29. The molecule has 0 saturated carbocycles. The molecular weight excluding hydrogens is 345 g/mol. The Kier molecular flexibility index (Phi) is 5.55. The number of fused-ring (bicyclic) bond motifs is 1. The van der Waals surface area contributed by atoms with Crippen LogP contribution in [-0.4, -0.2) is 53.1 Å². The van der Waals surface area contributed by atoms with Gasteiger partial charge in [-0.3, -0.25) is 9.69 Å². The van der Waals surface area contributed by atoms with Crippen LogP contribution in [-0.2, 0) is 29.2 Å². The number of carbonyl (C=O) groups excluding carboxylic acids is 1. The first kappa shape index (κ1) is 18.2. The molecule has 1 aromatic carbocycles. The zero-order valence-electron chi connectivity index (χ0n) is 15.5. The number of carbonyl (C=O) groups is 1. The Morgan fingerprint density at radius 3 is 2.74 bits per heavy atom. The summed E-state index contributed by atoms with van der Waals surface area (Å²) in [6.45, 7) is 5.54. The van der Waals surface area contributed by atoms with Gasteiger partial charge in [-0.05, 0) is 24.1 Å². The molecule has 1 saturated heterocycles. The number of halogens is 1. The largest absolute Gasteiger partial charge is 0.378 e. The van der Waals surface area contributed by atoms with Crippen LogP contribution in [0.1, 0.15) is 17.7 Å². The first-order valence-corrected chi connectivity index (χ1v) is 9.64. The smallest absolute Gasteiger partial charge is 0.223 e. The maximum Gasteiger partial charge on any atom is 0.223 e. The summed E-state index contributed by atoms with van der Waals surface area (Å²) in [6.07, 6.45) is 2.60. The van der Waals surface area contributed by atoms with E-state index < -0.39 is 0 Å². The van der Waals surface area contributed by atoms with Crippen molar-refractivity contribution in [1.82, 2.24) is 14.4 Å². The number of aromatic nitrogens is 1. The molecule has 0 spiro atoms. The molecule has 6 heteroatoms. The molecule has 0 bridgehead atoms. The van der Waals surface area contributed by atoms with Crippen LogP contribution in [0.4, 0.5) is 4.39 Å². The van der Waals surface area contributed by atoms with E-state index in [-0.39, 0.29) is 17.6 Å². The van der Waals surface area contributed by atoms with Crippen LogP contribution in [0.3, 0.4) is 0 Å². The average molecular weight is 371 g/mol. The zero-order chi connectivity index (χ0) is 18.6. The number of benzene rings is 1. The summed E-state index contributed by atoms with van der Waals surface area (Å²) in [5.74, 6) is 0.239. The molecule has 0 radical (unpaired) electrons. The van der Waals surface area contributed by atoms with Gasteiger partial charge in [-0.2, -0.15) is 0 Å². The molecule has 27 heavy (non-hydrogen) atoms. The topological polar surface area (TPSA) is 37.7 Å². The van der Waals surface area contributed by atoms with E-state index in [1.54, 1.807) is 6.07 Å². The molecule has 4 rings (SSSR count). The molecule has 5 nitrogen and oxygen atoms in total. The number of ether oxygens (including phenoxy) is 1. The zero-order valence-corrected chi connectivity index (χ0v) is 15.5. The summed E-state index contributed by atoms with van der Waals surface area (Å²) in [7, 11) is 0. The van der Waals surface area contributed by atoms with Gasteiger partial charge in [0.1, 0.15) is 5.82 Å². The second-order valence-electron chi connectivity index (χ2n) is 7.48. The summed E-state index contributed by atoms with van der Waals surface area (Å²) >= 11 is 0. The van der Waals surface area contributed by atoms with Crippen molar-refractivity contribution in [3.05, 3.63) is 59.7 Å². The van der Waals surface area contributed by atoms with E-state index in [9.17, 15) is 9.18 Å². The van der Waals surface area contributed by atoms with Gasteiger partial charge in [-0.25, -0.2) is 4.39 Å². The Bertz CT molecular complexity index is 785. The Morgan fingerprint density at radius 2 is 1.93 bits per heavy atom. The summed E-state index contributed by atoms with van der Waals surface area (Å²) in [5, 5.41) is 0. The van der Waals surface area contributed by atoms with Crippen molar-refractivity contribution in [2.45, 2.75) is 26.1 Å².